The molecule has 2 aromatic carbocycles. The molecule has 1 amide bonds. The van der Waals surface area contributed by atoms with E-state index >= 15 is 0 Å². The predicted octanol–water partition coefficient (Wildman–Crippen LogP) is 4.45. The van der Waals surface area contributed by atoms with Crippen LogP contribution in [-0.4, -0.2) is 43.7 Å². The van der Waals surface area contributed by atoms with E-state index in [4.69, 9.17) is 25.5 Å². The normalized spacial score (nSPS) is 15.3. The molecule has 168 valence electrons. The van der Waals surface area contributed by atoms with Gasteiger partial charge in [-0.25, -0.2) is 4.39 Å². The third-order valence-corrected chi connectivity index (χ3v) is 5.63. The molecule has 6 nitrogen and oxygen atoms in total. The highest BCUT2D eigenvalue weighted by molar-refractivity contribution is 6.31. The first-order chi connectivity index (χ1) is 15.6. The van der Waals surface area contributed by atoms with Crippen LogP contribution in [0.3, 0.4) is 0 Å². The van der Waals surface area contributed by atoms with Crippen molar-refractivity contribution in [1.29, 1.82) is 0 Å². The molecule has 0 bridgehead atoms. The van der Waals surface area contributed by atoms with Gasteiger partial charge in [0, 0.05) is 24.7 Å². The number of furan rings is 1. The fourth-order valence-corrected chi connectivity index (χ4v) is 3.87. The Morgan fingerprint density at radius 3 is 2.59 bits per heavy atom. The van der Waals surface area contributed by atoms with Crippen molar-refractivity contribution in [2.24, 2.45) is 0 Å². The van der Waals surface area contributed by atoms with Crippen LogP contribution in [0.15, 0.2) is 65.1 Å². The van der Waals surface area contributed by atoms with Gasteiger partial charge in [0.2, 0.25) is 0 Å². The number of carbonyl (C=O) groups excluding carboxylic acids is 1. The summed E-state index contributed by atoms with van der Waals surface area (Å²) in [6.45, 7) is 3.32. The van der Waals surface area contributed by atoms with Gasteiger partial charge in [-0.3, -0.25) is 9.69 Å². The Kier molecular flexibility index (Phi) is 7.42. The van der Waals surface area contributed by atoms with Crippen molar-refractivity contribution < 1.29 is 23.1 Å². The average molecular weight is 459 g/mol. The highest BCUT2D eigenvalue weighted by Crippen LogP contribution is 2.28. The van der Waals surface area contributed by atoms with Crippen LogP contribution in [-0.2, 0) is 11.3 Å². The van der Waals surface area contributed by atoms with Gasteiger partial charge in [0.05, 0.1) is 19.3 Å². The van der Waals surface area contributed by atoms with Crippen molar-refractivity contribution >= 4 is 17.5 Å². The standard InChI is InChI=1S/C24H24ClFN2O4/c25-21-4-2-1-3-20(21)22(28-11-13-30-14-12-28)15-27-24(29)23-10-9-19(32-23)16-31-18-7-5-17(26)6-8-18/h1-10,22H,11-16H2,(H,27,29). The molecule has 1 atom stereocenters. The van der Waals surface area contributed by atoms with Gasteiger partial charge in [-0.15, -0.1) is 0 Å². The Morgan fingerprint density at radius 1 is 1.09 bits per heavy atom. The molecule has 1 aliphatic heterocycles. The zero-order valence-electron chi connectivity index (χ0n) is 17.4. The minimum atomic E-state index is -0.332. The van der Waals surface area contributed by atoms with Crippen LogP contribution in [0.25, 0.3) is 0 Å². The maximum atomic E-state index is 13.0. The van der Waals surface area contributed by atoms with Crippen LogP contribution in [0.1, 0.15) is 27.9 Å². The molecule has 1 aliphatic rings. The predicted molar refractivity (Wildman–Crippen MR) is 118 cm³/mol. The summed E-state index contributed by atoms with van der Waals surface area (Å²) >= 11 is 6.44. The second-order valence-electron chi connectivity index (χ2n) is 7.40. The number of nitrogens with one attached hydrogen (secondary N) is 1. The molecule has 4 rings (SSSR count). The van der Waals surface area contributed by atoms with E-state index in [0.29, 0.717) is 36.3 Å². The van der Waals surface area contributed by atoms with Gasteiger partial charge in [-0.2, -0.15) is 0 Å². The van der Waals surface area contributed by atoms with Gasteiger partial charge in [0.15, 0.2) is 5.76 Å². The lowest BCUT2D eigenvalue weighted by atomic mass is 10.0. The molecular formula is C24H24ClFN2O4. The molecule has 1 N–H and O–H groups in total. The maximum absolute atomic E-state index is 13.0. The summed E-state index contributed by atoms with van der Waals surface area (Å²) in [6, 6.07) is 16.6. The number of nitrogens with zero attached hydrogens (tertiary/aromatic N) is 1. The lowest BCUT2D eigenvalue weighted by Gasteiger charge is -2.35. The summed E-state index contributed by atoms with van der Waals surface area (Å²) in [5.41, 5.74) is 0.962. The quantitative estimate of drug-likeness (QED) is 0.540. The van der Waals surface area contributed by atoms with E-state index in [-0.39, 0.29) is 30.1 Å². The van der Waals surface area contributed by atoms with Crippen LogP contribution in [0.2, 0.25) is 5.02 Å². The third-order valence-electron chi connectivity index (χ3n) is 5.29. The number of hydrogen-bond acceptors (Lipinski definition) is 5. The fourth-order valence-electron chi connectivity index (χ4n) is 3.61. The molecule has 32 heavy (non-hydrogen) atoms. The highest BCUT2D eigenvalue weighted by Gasteiger charge is 2.25. The van der Waals surface area contributed by atoms with E-state index in [1.807, 2.05) is 24.3 Å². The van der Waals surface area contributed by atoms with E-state index in [2.05, 4.69) is 10.2 Å². The monoisotopic (exact) mass is 458 g/mol. The van der Waals surface area contributed by atoms with Gasteiger partial charge in [0.1, 0.15) is 23.9 Å². The molecule has 3 aromatic rings. The van der Waals surface area contributed by atoms with Crippen molar-refractivity contribution in [3.8, 4) is 5.75 Å². The smallest absolute Gasteiger partial charge is 0.287 e. The van der Waals surface area contributed by atoms with Crippen molar-refractivity contribution in [3.63, 3.8) is 0 Å². The molecule has 0 spiro atoms. The first-order valence-corrected chi connectivity index (χ1v) is 10.8. The number of morpholine rings is 1. The van der Waals surface area contributed by atoms with Gasteiger partial charge >= 0.3 is 0 Å². The van der Waals surface area contributed by atoms with Crippen molar-refractivity contribution in [1.82, 2.24) is 10.2 Å². The number of ether oxygens (including phenoxy) is 2. The lowest BCUT2D eigenvalue weighted by Crippen LogP contribution is -2.43. The van der Waals surface area contributed by atoms with Crippen LogP contribution in [0, 0.1) is 5.82 Å². The van der Waals surface area contributed by atoms with Crippen LogP contribution < -0.4 is 10.1 Å². The van der Waals surface area contributed by atoms with Gasteiger partial charge < -0.3 is 19.2 Å². The van der Waals surface area contributed by atoms with E-state index in [9.17, 15) is 9.18 Å². The van der Waals surface area contributed by atoms with Crippen LogP contribution in [0.5, 0.6) is 5.75 Å². The van der Waals surface area contributed by atoms with E-state index < -0.39 is 0 Å². The van der Waals surface area contributed by atoms with Crippen LogP contribution in [0.4, 0.5) is 4.39 Å². The topological polar surface area (TPSA) is 63.9 Å². The summed E-state index contributed by atoms with van der Waals surface area (Å²) in [4.78, 5) is 15.0. The molecule has 0 saturated carbocycles. The molecule has 0 radical (unpaired) electrons. The zero-order valence-corrected chi connectivity index (χ0v) is 18.2. The second-order valence-corrected chi connectivity index (χ2v) is 7.81. The molecule has 2 heterocycles. The SMILES string of the molecule is O=C(NCC(c1ccccc1Cl)N1CCOCC1)c1ccc(COc2ccc(F)cc2)o1. The Hall–Kier alpha value is -2.87. The first-order valence-electron chi connectivity index (χ1n) is 10.4. The van der Waals surface area contributed by atoms with Crippen molar-refractivity contribution in [2.75, 3.05) is 32.8 Å². The van der Waals surface area contributed by atoms with Crippen molar-refractivity contribution in [3.05, 3.63) is 88.6 Å². The lowest BCUT2D eigenvalue weighted by molar-refractivity contribution is 0.0161. The Labute approximate surface area is 190 Å². The maximum Gasteiger partial charge on any atom is 0.287 e. The van der Waals surface area contributed by atoms with Crippen LogP contribution >= 0.6 is 11.6 Å². The minimum Gasteiger partial charge on any atom is -0.486 e. The third kappa shape index (κ3) is 5.68. The van der Waals surface area contributed by atoms with E-state index in [1.165, 1.54) is 24.3 Å². The zero-order chi connectivity index (χ0) is 22.3. The minimum absolute atomic E-state index is 0.0761. The Morgan fingerprint density at radius 2 is 1.84 bits per heavy atom. The summed E-state index contributed by atoms with van der Waals surface area (Å²) in [7, 11) is 0. The number of carbonyl (C=O) groups is 1. The summed E-state index contributed by atoms with van der Waals surface area (Å²) in [5, 5.41) is 3.62. The summed E-state index contributed by atoms with van der Waals surface area (Å²) in [6.07, 6.45) is 0. The fraction of sp³-hybridized carbons (Fsp3) is 0.292. The molecule has 0 aliphatic carbocycles. The summed E-state index contributed by atoms with van der Waals surface area (Å²) in [5.74, 6) is 0.560. The Bertz CT molecular complexity index is 1030. The number of halogens is 2. The number of amides is 1. The van der Waals surface area contributed by atoms with E-state index in [1.54, 1.807) is 12.1 Å². The summed E-state index contributed by atoms with van der Waals surface area (Å²) < 4.78 is 29.6. The van der Waals surface area contributed by atoms with E-state index in [0.717, 1.165) is 18.7 Å². The number of benzene rings is 2. The largest absolute Gasteiger partial charge is 0.486 e. The molecule has 8 heteroatoms. The average Bonchev–Trinajstić information content (AvgIpc) is 3.30. The van der Waals surface area contributed by atoms with Gasteiger partial charge in [-0.05, 0) is 48.0 Å². The molecule has 1 saturated heterocycles. The van der Waals surface area contributed by atoms with Gasteiger partial charge in [-0.1, -0.05) is 29.8 Å². The number of hydrogen-bond donors (Lipinski definition) is 1. The molecule has 1 unspecified atom stereocenters. The van der Waals surface area contributed by atoms with Crippen molar-refractivity contribution in [2.45, 2.75) is 12.6 Å². The molecule has 1 fully saturated rings. The first kappa shape index (κ1) is 22.3. The van der Waals surface area contributed by atoms with Gasteiger partial charge in [0.25, 0.3) is 5.91 Å². The number of rotatable bonds is 8. The molecular weight excluding hydrogens is 435 g/mol. The Balaban J connectivity index is 1.37. The molecule has 1 aromatic heterocycles. The highest BCUT2D eigenvalue weighted by atomic mass is 35.5. The second kappa shape index (κ2) is 10.6.